The number of carbonyl (C=O) groups is 1. The largest absolute Gasteiger partial charge is 0.454 e. The molecule has 0 radical (unpaired) electrons. The van der Waals surface area contributed by atoms with E-state index in [1.54, 1.807) is 0 Å². The first-order valence-corrected chi connectivity index (χ1v) is 7.46. The Hall–Kier alpha value is -1.49. The summed E-state index contributed by atoms with van der Waals surface area (Å²) in [5.74, 6) is -3.39. The lowest BCUT2D eigenvalue weighted by Gasteiger charge is -2.39. The smallest absolute Gasteiger partial charge is 0.338 e. The highest BCUT2D eigenvalue weighted by atomic mass is 19.3. The maximum Gasteiger partial charge on any atom is 0.338 e. The molecule has 0 aliphatic carbocycles. The molecule has 0 saturated carbocycles. The van der Waals surface area contributed by atoms with Crippen molar-refractivity contribution < 1.29 is 18.3 Å². The van der Waals surface area contributed by atoms with Crippen LogP contribution in [0.25, 0.3) is 0 Å². The predicted molar refractivity (Wildman–Crippen MR) is 82.9 cm³/mol. The van der Waals surface area contributed by atoms with Gasteiger partial charge in [-0.2, -0.15) is 0 Å². The van der Waals surface area contributed by atoms with Crippen LogP contribution >= 0.6 is 0 Å². The fraction of sp³-hybridized carbons (Fsp3) is 0.588. The molecule has 0 bridgehead atoms. The van der Waals surface area contributed by atoms with Gasteiger partial charge in [-0.05, 0) is 24.0 Å². The Morgan fingerprint density at radius 1 is 1.14 bits per heavy atom. The number of rotatable bonds is 6. The van der Waals surface area contributed by atoms with Gasteiger partial charge in [-0.25, -0.2) is 13.6 Å². The summed E-state index contributed by atoms with van der Waals surface area (Å²) < 4.78 is 32.1. The summed E-state index contributed by atoms with van der Waals surface area (Å²) in [5.41, 5.74) is 5.17. The van der Waals surface area contributed by atoms with Crippen molar-refractivity contribution in [2.24, 2.45) is 17.6 Å². The monoisotopic (exact) mass is 313 g/mol. The lowest BCUT2D eigenvalue weighted by atomic mass is 9.80. The van der Waals surface area contributed by atoms with Gasteiger partial charge in [0, 0.05) is 19.0 Å². The van der Waals surface area contributed by atoms with Crippen molar-refractivity contribution in [3.63, 3.8) is 0 Å². The molecule has 0 heterocycles. The number of halogens is 2. The molecule has 1 rings (SSSR count). The normalized spacial score (nSPS) is 12.8. The molecule has 0 aliphatic rings. The summed E-state index contributed by atoms with van der Waals surface area (Å²) in [4.78, 5) is 12.3. The highest BCUT2D eigenvalue weighted by molar-refractivity contribution is 5.89. The fourth-order valence-corrected chi connectivity index (χ4v) is 2.55. The molecular formula is C17H25F2NO2. The van der Waals surface area contributed by atoms with Crippen LogP contribution in [0.3, 0.4) is 0 Å². The second-order valence-corrected chi connectivity index (χ2v) is 6.32. The zero-order valence-electron chi connectivity index (χ0n) is 13.8. The second kappa shape index (κ2) is 6.73. The average molecular weight is 313 g/mol. The van der Waals surface area contributed by atoms with Crippen LogP contribution in [0.5, 0.6) is 0 Å². The number of benzene rings is 1. The van der Waals surface area contributed by atoms with Gasteiger partial charge in [-0.1, -0.05) is 39.8 Å². The van der Waals surface area contributed by atoms with E-state index in [0.717, 1.165) is 6.92 Å². The molecule has 0 atom stereocenters. The fourth-order valence-electron chi connectivity index (χ4n) is 2.55. The van der Waals surface area contributed by atoms with Gasteiger partial charge in [0.15, 0.2) is 0 Å². The van der Waals surface area contributed by atoms with Gasteiger partial charge >= 0.3 is 5.97 Å². The third kappa shape index (κ3) is 3.83. The van der Waals surface area contributed by atoms with Gasteiger partial charge < -0.3 is 10.5 Å². The molecule has 124 valence electrons. The molecule has 1 aromatic rings. The Kier molecular flexibility index (Phi) is 5.68. The van der Waals surface area contributed by atoms with E-state index >= 15 is 0 Å². The van der Waals surface area contributed by atoms with E-state index in [4.69, 9.17) is 10.5 Å². The third-order valence-electron chi connectivity index (χ3n) is 4.18. The van der Waals surface area contributed by atoms with Crippen LogP contribution in [0.15, 0.2) is 24.3 Å². The standard InChI is InChI=1S/C17H25F2NO2/c1-11(2)17(10-20,12(3)4)22-15(21)13-6-8-14(9-7-13)16(5,18)19/h6-9,11-12H,10,20H2,1-5H3. The van der Waals surface area contributed by atoms with Crippen LogP contribution in [0.2, 0.25) is 0 Å². The molecule has 3 nitrogen and oxygen atoms in total. The number of alkyl halides is 2. The lowest BCUT2D eigenvalue weighted by Crippen LogP contribution is -2.51. The van der Waals surface area contributed by atoms with Crippen LogP contribution in [0.4, 0.5) is 8.78 Å². The van der Waals surface area contributed by atoms with E-state index < -0.39 is 17.5 Å². The highest BCUT2D eigenvalue weighted by Gasteiger charge is 2.40. The van der Waals surface area contributed by atoms with Crippen molar-refractivity contribution in [3.05, 3.63) is 35.4 Å². The SMILES string of the molecule is CC(C)C(CN)(OC(=O)c1ccc(C(C)(F)F)cc1)C(C)C. The molecule has 0 spiro atoms. The first-order chi connectivity index (χ1) is 10.0. The van der Waals surface area contributed by atoms with Crippen molar-refractivity contribution in [1.29, 1.82) is 0 Å². The molecule has 2 N–H and O–H groups in total. The summed E-state index contributed by atoms with van der Waals surface area (Å²) in [7, 11) is 0. The van der Waals surface area contributed by atoms with Crippen LogP contribution in [0, 0.1) is 11.8 Å². The highest BCUT2D eigenvalue weighted by Crippen LogP contribution is 2.31. The summed E-state index contributed by atoms with van der Waals surface area (Å²) in [5, 5.41) is 0. The number of hydrogen-bond acceptors (Lipinski definition) is 3. The van der Waals surface area contributed by atoms with E-state index in [-0.39, 0.29) is 29.5 Å². The zero-order chi connectivity index (χ0) is 17.1. The van der Waals surface area contributed by atoms with Gasteiger partial charge in [0.05, 0.1) is 5.56 Å². The maximum absolute atomic E-state index is 13.2. The minimum absolute atomic E-state index is 0.0423. The Balaban J connectivity index is 3.01. The van der Waals surface area contributed by atoms with Gasteiger partial charge in [-0.3, -0.25) is 0 Å². The minimum Gasteiger partial charge on any atom is -0.454 e. The third-order valence-corrected chi connectivity index (χ3v) is 4.18. The maximum atomic E-state index is 13.2. The Bertz CT molecular complexity index is 496. The molecule has 0 aliphatic heterocycles. The number of ether oxygens (including phenoxy) is 1. The van der Waals surface area contributed by atoms with Crippen LogP contribution in [0.1, 0.15) is 50.5 Å². The quantitative estimate of drug-likeness (QED) is 0.809. The van der Waals surface area contributed by atoms with E-state index in [1.165, 1.54) is 24.3 Å². The Morgan fingerprint density at radius 3 is 1.91 bits per heavy atom. The van der Waals surface area contributed by atoms with Gasteiger partial charge in [-0.15, -0.1) is 0 Å². The van der Waals surface area contributed by atoms with Crippen molar-refractivity contribution in [2.75, 3.05) is 6.54 Å². The predicted octanol–water partition coefficient (Wildman–Crippen LogP) is 3.96. The van der Waals surface area contributed by atoms with Gasteiger partial charge in [0.1, 0.15) is 5.60 Å². The molecule has 0 unspecified atom stereocenters. The van der Waals surface area contributed by atoms with Crippen molar-refractivity contribution in [1.82, 2.24) is 0 Å². The zero-order valence-corrected chi connectivity index (χ0v) is 13.8. The van der Waals surface area contributed by atoms with E-state index in [9.17, 15) is 13.6 Å². The second-order valence-electron chi connectivity index (χ2n) is 6.32. The molecule has 5 heteroatoms. The Morgan fingerprint density at radius 2 is 1.59 bits per heavy atom. The van der Waals surface area contributed by atoms with E-state index in [1.807, 2.05) is 27.7 Å². The summed E-state index contributed by atoms with van der Waals surface area (Å²) in [6, 6.07) is 5.20. The van der Waals surface area contributed by atoms with E-state index in [0.29, 0.717) is 0 Å². The van der Waals surface area contributed by atoms with Crippen molar-refractivity contribution >= 4 is 5.97 Å². The van der Waals surface area contributed by atoms with Gasteiger partial charge in [0.25, 0.3) is 5.92 Å². The van der Waals surface area contributed by atoms with Crippen LogP contribution < -0.4 is 5.73 Å². The first-order valence-electron chi connectivity index (χ1n) is 7.46. The summed E-state index contributed by atoms with van der Waals surface area (Å²) >= 11 is 0. The Labute approximate surface area is 130 Å². The number of nitrogens with two attached hydrogens (primary N) is 1. The summed E-state index contributed by atoms with van der Waals surface area (Å²) in [6.45, 7) is 8.81. The molecule has 0 aromatic heterocycles. The van der Waals surface area contributed by atoms with Crippen molar-refractivity contribution in [3.8, 4) is 0 Å². The molecule has 0 saturated heterocycles. The molecule has 0 amide bonds. The lowest BCUT2D eigenvalue weighted by molar-refractivity contribution is -0.0657. The first kappa shape index (κ1) is 18.6. The topological polar surface area (TPSA) is 52.3 Å². The molecule has 1 aromatic carbocycles. The molecular weight excluding hydrogens is 288 g/mol. The van der Waals surface area contributed by atoms with Crippen LogP contribution in [-0.2, 0) is 10.7 Å². The van der Waals surface area contributed by atoms with Gasteiger partial charge in [0.2, 0.25) is 0 Å². The molecule has 22 heavy (non-hydrogen) atoms. The number of esters is 1. The average Bonchev–Trinajstić information content (AvgIpc) is 2.43. The summed E-state index contributed by atoms with van der Waals surface area (Å²) in [6.07, 6.45) is 0. The van der Waals surface area contributed by atoms with E-state index in [2.05, 4.69) is 0 Å². The molecule has 0 fully saturated rings. The van der Waals surface area contributed by atoms with Crippen molar-refractivity contribution in [2.45, 2.75) is 46.1 Å². The van der Waals surface area contributed by atoms with Crippen LogP contribution in [-0.4, -0.2) is 18.1 Å². The minimum atomic E-state index is -2.93. The number of carbonyl (C=O) groups excluding carboxylic acids is 1. The number of hydrogen-bond donors (Lipinski definition) is 1.